The van der Waals surface area contributed by atoms with Gasteiger partial charge in [-0.25, -0.2) is 0 Å². The lowest BCUT2D eigenvalue weighted by Gasteiger charge is -2.09. The van der Waals surface area contributed by atoms with E-state index in [1.165, 1.54) is 6.92 Å². The van der Waals surface area contributed by atoms with Gasteiger partial charge in [0.2, 0.25) is 5.91 Å². The lowest BCUT2D eigenvalue weighted by atomic mass is 10.1. The summed E-state index contributed by atoms with van der Waals surface area (Å²) < 4.78 is 0. The Morgan fingerprint density at radius 1 is 1.64 bits per heavy atom. The first-order valence-corrected chi connectivity index (χ1v) is 4.09. The highest BCUT2D eigenvalue weighted by Crippen LogP contribution is 1.98. The Hall–Kier alpha value is -0.570. The molecule has 0 spiro atoms. The number of hydrogen-bond donors (Lipinski definition) is 2. The van der Waals surface area contributed by atoms with Crippen molar-refractivity contribution in [1.29, 1.82) is 0 Å². The molecule has 0 heterocycles. The van der Waals surface area contributed by atoms with Crippen molar-refractivity contribution in [3.8, 4) is 0 Å². The third-order valence-corrected chi connectivity index (χ3v) is 1.48. The van der Waals surface area contributed by atoms with E-state index in [1.807, 2.05) is 0 Å². The maximum Gasteiger partial charge on any atom is 0.216 e. The molecule has 0 aromatic carbocycles. The highest BCUT2D eigenvalue weighted by atomic mass is 16.3. The zero-order valence-electron chi connectivity index (χ0n) is 7.26. The Balaban J connectivity index is 3.22. The van der Waals surface area contributed by atoms with Gasteiger partial charge in [0.05, 0.1) is 6.10 Å². The van der Waals surface area contributed by atoms with Gasteiger partial charge in [0.1, 0.15) is 0 Å². The number of rotatable bonds is 5. The molecule has 3 heteroatoms. The second-order valence-electron chi connectivity index (χ2n) is 2.73. The van der Waals surface area contributed by atoms with E-state index < -0.39 is 0 Å². The van der Waals surface area contributed by atoms with Crippen molar-refractivity contribution in [3.05, 3.63) is 0 Å². The first-order valence-electron chi connectivity index (χ1n) is 4.09. The second-order valence-corrected chi connectivity index (χ2v) is 2.73. The van der Waals surface area contributed by atoms with Gasteiger partial charge in [-0.1, -0.05) is 19.8 Å². The number of nitrogens with one attached hydrogen (secondary N) is 1. The lowest BCUT2D eigenvalue weighted by molar-refractivity contribution is -0.119. The molecule has 1 unspecified atom stereocenters. The number of carbonyl (C=O) groups excluding carboxylic acids is 1. The molecule has 0 fully saturated rings. The molecule has 0 aliphatic carbocycles. The molecular formula is C8H17NO2. The molecule has 1 atom stereocenters. The molecule has 11 heavy (non-hydrogen) atoms. The Morgan fingerprint density at radius 3 is 2.73 bits per heavy atom. The molecule has 0 aliphatic heterocycles. The highest BCUT2D eigenvalue weighted by Gasteiger charge is 2.02. The third-order valence-electron chi connectivity index (χ3n) is 1.48. The summed E-state index contributed by atoms with van der Waals surface area (Å²) in [5, 5.41) is 11.8. The summed E-state index contributed by atoms with van der Waals surface area (Å²) in [5.74, 6) is -0.0828. The summed E-state index contributed by atoms with van der Waals surface area (Å²) >= 11 is 0. The van der Waals surface area contributed by atoms with E-state index in [0.29, 0.717) is 6.54 Å². The van der Waals surface area contributed by atoms with Crippen LogP contribution >= 0.6 is 0 Å². The Kier molecular flexibility index (Phi) is 5.84. The van der Waals surface area contributed by atoms with Crippen LogP contribution in [0.2, 0.25) is 0 Å². The maximum absolute atomic E-state index is 10.4. The molecule has 0 aromatic heterocycles. The van der Waals surface area contributed by atoms with Gasteiger partial charge >= 0.3 is 0 Å². The fraction of sp³-hybridized carbons (Fsp3) is 0.875. The van der Waals surface area contributed by atoms with Gasteiger partial charge in [0.15, 0.2) is 0 Å². The number of unbranched alkanes of at least 4 members (excludes halogenated alkanes) is 1. The number of aliphatic hydroxyl groups excluding tert-OH is 1. The fourth-order valence-corrected chi connectivity index (χ4v) is 0.803. The lowest BCUT2D eigenvalue weighted by Crippen LogP contribution is -2.30. The predicted molar refractivity (Wildman–Crippen MR) is 44.2 cm³/mol. The van der Waals surface area contributed by atoms with Crippen LogP contribution in [0.25, 0.3) is 0 Å². The van der Waals surface area contributed by atoms with Gasteiger partial charge in [-0.05, 0) is 6.42 Å². The van der Waals surface area contributed by atoms with Gasteiger partial charge in [0.25, 0.3) is 0 Å². The topological polar surface area (TPSA) is 49.3 Å². The average molecular weight is 159 g/mol. The van der Waals surface area contributed by atoms with Crippen LogP contribution in [0.4, 0.5) is 0 Å². The molecule has 66 valence electrons. The van der Waals surface area contributed by atoms with Crippen molar-refractivity contribution in [2.24, 2.45) is 0 Å². The Labute approximate surface area is 67.8 Å². The minimum atomic E-state index is -0.376. The first kappa shape index (κ1) is 10.4. The van der Waals surface area contributed by atoms with E-state index >= 15 is 0 Å². The maximum atomic E-state index is 10.4. The summed E-state index contributed by atoms with van der Waals surface area (Å²) in [5.41, 5.74) is 0. The summed E-state index contributed by atoms with van der Waals surface area (Å²) in [4.78, 5) is 10.4. The summed E-state index contributed by atoms with van der Waals surface area (Å²) in [6.45, 7) is 3.91. The molecule has 1 amide bonds. The van der Waals surface area contributed by atoms with Crippen LogP contribution in [-0.2, 0) is 4.79 Å². The molecule has 0 aliphatic rings. The number of carbonyl (C=O) groups is 1. The molecule has 0 aromatic rings. The molecular weight excluding hydrogens is 142 g/mol. The quantitative estimate of drug-likeness (QED) is 0.619. The van der Waals surface area contributed by atoms with Crippen LogP contribution in [0.5, 0.6) is 0 Å². The van der Waals surface area contributed by atoms with Crippen molar-refractivity contribution in [1.82, 2.24) is 5.32 Å². The van der Waals surface area contributed by atoms with Gasteiger partial charge < -0.3 is 10.4 Å². The zero-order valence-corrected chi connectivity index (χ0v) is 7.26. The molecule has 2 N–H and O–H groups in total. The van der Waals surface area contributed by atoms with E-state index in [2.05, 4.69) is 12.2 Å². The summed E-state index contributed by atoms with van der Waals surface area (Å²) in [6.07, 6.45) is 2.49. The van der Waals surface area contributed by atoms with Gasteiger partial charge in [0, 0.05) is 13.5 Å². The van der Waals surface area contributed by atoms with Crippen LogP contribution < -0.4 is 5.32 Å². The van der Waals surface area contributed by atoms with Crippen molar-refractivity contribution < 1.29 is 9.90 Å². The number of aliphatic hydroxyl groups is 1. The molecule has 0 saturated carbocycles. The minimum Gasteiger partial charge on any atom is -0.391 e. The zero-order chi connectivity index (χ0) is 8.69. The van der Waals surface area contributed by atoms with E-state index in [4.69, 9.17) is 0 Å². The molecule has 0 radical (unpaired) electrons. The van der Waals surface area contributed by atoms with Crippen LogP contribution in [0.3, 0.4) is 0 Å². The van der Waals surface area contributed by atoms with Crippen LogP contribution in [-0.4, -0.2) is 23.7 Å². The van der Waals surface area contributed by atoms with Crippen LogP contribution in [0.15, 0.2) is 0 Å². The third kappa shape index (κ3) is 7.33. The standard InChI is InChI=1S/C8H17NO2/c1-3-4-5-8(11)6-9-7(2)10/h8,11H,3-6H2,1-2H3,(H,9,10). The molecule has 0 rings (SSSR count). The van der Waals surface area contributed by atoms with E-state index in [-0.39, 0.29) is 12.0 Å². The normalized spacial score (nSPS) is 12.6. The van der Waals surface area contributed by atoms with Crippen molar-refractivity contribution in [2.75, 3.05) is 6.54 Å². The monoisotopic (exact) mass is 159 g/mol. The van der Waals surface area contributed by atoms with Gasteiger partial charge in [-0.3, -0.25) is 4.79 Å². The van der Waals surface area contributed by atoms with Crippen LogP contribution in [0.1, 0.15) is 33.1 Å². The van der Waals surface area contributed by atoms with Crippen LogP contribution in [0, 0.1) is 0 Å². The summed E-state index contributed by atoms with van der Waals surface area (Å²) in [7, 11) is 0. The fourth-order valence-electron chi connectivity index (χ4n) is 0.803. The minimum absolute atomic E-state index is 0.0828. The van der Waals surface area contributed by atoms with Crippen molar-refractivity contribution in [2.45, 2.75) is 39.2 Å². The highest BCUT2D eigenvalue weighted by molar-refractivity contribution is 5.72. The van der Waals surface area contributed by atoms with E-state index in [9.17, 15) is 9.90 Å². The van der Waals surface area contributed by atoms with Crippen molar-refractivity contribution >= 4 is 5.91 Å². The first-order chi connectivity index (χ1) is 5.16. The Morgan fingerprint density at radius 2 is 2.27 bits per heavy atom. The summed E-state index contributed by atoms with van der Waals surface area (Å²) in [6, 6.07) is 0. The molecule has 3 nitrogen and oxygen atoms in total. The predicted octanol–water partition coefficient (Wildman–Crippen LogP) is 0.674. The molecule has 0 saturated heterocycles. The SMILES string of the molecule is CCCCC(O)CNC(C)=O. The van der Waals surface area contributed by atoms with Crippen molar-refractivity contribution in [3.63, 3.8) is 0 Å². The largest absolute Gasteiger partial charge is 0.391 e. The van der Waals surface area contributed by atoms with E-state index in [0.717, 1.165) is 19.3 Å². The number of amides is 1. The smallest absolute Gasteiger partial charge is 0.216 e. The average Bonchev–Trinajstić information content (AvgIpc) is 1.97. The van der Waals surface area contributed by atoms with Gasteiger partial charge in [-0.15, -0.1) is 0 Å². The van der Waals surface area contributed by atoms with Gasteiger partial charge in [-0.2, -0.15) is 0 Å². The second kappa shape index (κ2) is 6.16. The Bertz CT molecular complexity index is 115. The molecule has 0 bridgehead atoms. The van der Waals surface area contributed by atoms with E-state index in [1.54, 1.807) is 0 Å². The number of hydrogen-bond acceptors (Lipinski definition) is 2.